The number of fused-ring (bicyclic) bond motifs is 8. The molecule has 0 aliphatic carbocycles. The maximum atomic E-state index is 6.07. The van der Waals surface area contributed by atoms with Crippen molar-refractivity contribution in [2.24, 2.45) is 0 Å². The molecule has 0 saturated carbocycles. The molecule has 4 aromatic rings. The molecule has 0 N–H and O–H groups in total. The summed E-state index contributed by atoms with van der Waals surface area (Å²) < 4.78 is 10.1. The van der Waals surface area contributed by atoms with E-state index in [0.717, 1.165) is 33.6 Å². The van der Waals surface area contributed by atoms with Crippen LogP contribution in [0.15, 0.2) is 11.5 Å². The van der Waals surface area contributed by atoms with E-state index in [4.69, 9.17) is 4.74 Å². The summed E-state index contributed by atoms with van der Waals surface area (Å²) in [6, 6.07) is 0. The van der Waals surface area contributed by atoms with Crippen LogP contribution in [0.2, 0.25) is 0 Å². The third kappa shape index (κ3) is 3.33. The quantitative estimate of drug-likeness (QED) is 0.307. The lowest BCUT2D eigenvalue weighted by atomic mass is 9.94. The van der Waals surface area contributed by atoms with E-state index in [1.807, 2.05) is 4.52 Å². The second-order valence-electron chi connectivity index (χ2n) is 8.29. The average Bonchev–Trinajstić information content (AvgIpc) is 3.39. The number of unbranched alkanes of at least 4 members (excludes halogenated alkanes) is 4. The molecular weight excluding hydrogens is 404 g/mol. The fourth-order valence-electron chi connectivity index (χ4n) is 4.03. The Hall–Kier alpha value is -1.71. The maximum absolute atomic E-state index is 6.07. The number of thiophene rings is 1. The minimum atomic E-state index is -0.170. The Bertz CT molecular complexity index is 1170. The number of hydrogen-bond donors (Lipinski definition) is 0. The molecule has 1 aliphatic heterocycles. The highest BCUT2D eigenvalue weighted by Gasteiger charge is 2.32. The molecule has 1 aliphatic rings. The van der Waals surface area contributed by atoms with Crippen LogP contribution in [0.3, 0.4) is 0 Å². The second kappa shape index (κ2) is 7.52. The lowest BCUT2D eigenvalue weighted by molar-refractivity contribution is -0.0379. The van der Waals surface area contributed by atoms with Crippen molar-refractivity contribution in [1.29, 1.82) is 0 Å². The van der Waals surface area contributed by atoms with Crippen LogP contribution < -0.4 is 0 Å². The Morgan fingerprint density at radius 2 is 2.07 bits per heavy atom. The molecule has 0 spiro atoms. The molecular formula is C20H26N6OS2. The topological polar surface area (TPSA) is 69.6 Å². The molecule has 0 fully saturated rings. The molecule has 0 atom stereocenters. The average molecular weight is 431 g/mol. The van der Waals surface area contributed by atoms with Gasteiger partial charge in [-0.25, -0.2) is 9.38 Å². The molecule has 0 saturated heterocycles. The Kier molecular flexibility index (Phi) is 4.99. The van der Waals surface area contributed by atoms with Gasteiger partial charge in [-0.05, 0) is 25.8 Å². The van der Waals surface area contributed by atoms with Crippen LogP contribution in [-0.4, -0.2) is 40.6 Å². The van der Waals surface area contributed by atoms with Gasteiger partial charge >= 0.3 is 0 Å². The van der Waals surface area contributed by atoms with E-state index in [-0.39, 0.29) is 5.60 Å². The van der Waals surface area contributed by atoms with Crippen molar-refractivity contribution in [3.63, 3.8) is 0 Å². The monoisotopic (exact) mass is 430 g/mol. The van der Waals surface area contributed by atoms with Crippen LogP contribution >= 0.6 is 23.1 Å². The van der Waals surface area contributed by atoms with E-state index in [1.165, 1.54) is 47.9 Å². The van der Waals surface area contributed by atoms with Gasteiger partial charge in [-0.15, -0.1) is 21.5 Å². The van der Waals surface area contributed by atoms with Gasteiger partial charge in [0.1, 0.15) is 11.2 Å². The van der Waals surface area contributed by atoms with E-state index >= 15 is 0 Å². The first-order valence-electron chi connectivity index (χ1n) is 10.4. The van der Waals surface area contributed by atoms with Crippen LogP contribution in [-0.2, 0) is 17.8 Å². The first-order valence-corrected chi connectivity index (χ1v) is 12.2. The van der Waals surface area contributed by atoms with Gasteiger partial charge in [0.2, 0.25) is 0 Å². The Morgan fingerprint density at radius 1 is 1.21 bits per heavy atom. The molecule has 0 amide bonds. The number of thioether (sulfide) groups is 1. The van der Waals surface area contributed by atoms with E-state index < -0.39 is 0 Å². The minimum absolute atomic E-state index is 0.170. The molecule has 0 radical (unpaired) electrons. The Morgan fingerprint density at radius 3 is 2.93 bits per heavy atom. The van der Waals surface area contributed by atoms with Gasteiger partial charge < -0.3 is 4.74 Å². The molecule has 5 rings (SSSR count). The van der Waals surface area contributed by atoms with Crippen molar-refractivity contribution in [3.05, 3.63) is 16.8 Å². The normalized spacial score (nSPS) is 16.2. The van der Waals surface area contributed by atoms with E-state index in [1.54, 1.807) is 29.4 Å². The van der Waals surface area contributed by atoms with Gasteiger partial charge in [-0.2, -0.15) is 9.61 Å². The maximum Gasteiger partial charge on any atom is 0.260 e. The predicted octanol–water partition coefficient (Wildman–Crippen LogP) is 4.90. The summed E-state index contributed by atoms with van der Waals surface area (Å²) in [5.41, 5.74) is 2.03. The lowest BCUT2D eigenvalue weighted by Gasteiger charge is -2.30. The molecule has 9 heteroatoms. The Balaban J connectivity index is 1.58. The first-order chi connectivity index (χ1) is 14.1. The summed E-state index contributed by atoms with van der Waals surface area (Å²) in [6.07, 6.45) is 8.88. The van der Waals surface area contributed by atoms with Crippen LogP contribution in [0.4, 0.5) is 0 Å². The molecule has 0 bridgehead atoms. The molecule has 0 aromatic carbocycles. The SMILES string of the molecule is CCCCCCCSc1nnc2n3ncnc3c3c4c(sc3n12)COC(C)(C)C4. The van der Waals surface area contributed by atoms with Crippen LogP contribution in [0, 0.1) is 0 Å². The van der Waals surface area contributed by atoms with Gasteiger partial charge in [0, 0.05) is 17.1 Å². The summed E-state index contributed by atoms with van der Waals surface area (Å²) in [4.78, 5) is 7.00. The second-order valence-corrected chi connectivity index (χ2v) is 10.4. The van der Waals surface area contributed by atoms with E-state index in [0.29, 0.717) is 6.61 Å². The number of nitrogens with zero attached hydrogens (tertiary/aromatic N) is 6. The first kappa shape index (κ1) is 19.3. The van der Waals surface area contributed by atoms with Crippen LogP contribution in [0.1, 0.15) is 63.3 Å². The van der Waals surface area contributed by atoms with Crippen molar-refractivity contribution < 1.29 is 4.74 Å². The lowest BCUT2D eigenvalue weighted by Crippen LogP contribution is -2.31. The summed E-state index contributed by atoms with van der Waals surface area (Å²) in [7, 11) is 0. The standard InChI is InChI=1S/C20H26N6OS2/c1-4-5-6-7-8-9-28-19-24-23-18-25(19)17-15(16-21-12-22-26(16)18)13-10-20(2,3)27-11-14(13)29-17/h12H,4-11H2,1-3H3. The van der Waals surface area contributed by atoms with Crippen LogP contribution in [0.25, 0.3) is 21.6 Å². The van der Waals surface area contributed by atoms with Crippen LogP contribution in [0.5, 0.6) is 0 Å². The van der Waals surface area contributed by atoms with Crippen molar-refractivity contribution in [1.82, 2.24) is 29.2 Å². The molecule has 0 unspecified atom stereocenters. The van der Waals surface area contributed by atoms with Gasteiger partial charge in [0.05, 0.1) is 17.6 Å². The predicted molar refractivity (Wildman–Crippen MR) is 117 cm³/mol. The number of rotatable bonds is 7. The third-order valence-electron chi connectivity index (χ3n) is 5.53. The Labute approximate surface area is 177 Å². The summed E-state index contributed by atoms with van der Waals surface area (Å²) in [5.74, 6) is 1.79. The number of aromatic nitrogens is 6. The smallest absolute Gasteiger partial charge is 0.260 e. The minimum Gasteiger partial charge on any atom is -0.370 e. The summed E-state index contributed by atoms with van der Waals surface area (Å²) in [5, 5.41) is 15.5. The molecule has 29 heavy (non-hydrogen) atoms. The zero-order chi connectivity index (χ0) is 20.0. The molecule has 5 heterocycles. The van der Waals surface area contributed by atoms with E-state index in [9.17, 15) is 0 Å². The highest BCUT2D eigenvalue weighted by atomic mass is 32.2. The summed E-state index contributed by atoms with van der Waals surface area (Å²) >= 11 is 3.57. The zero-order valence-electron chi connectivity index (χ0n) is 17.1. The molecule has 4 aromatic heterocycles. The van der Waals surface area contributed by atoms with Gasteiger partial charge in [0.25, 0.3) is 5.78 Å². The van der Waals surface area contributed by atoms with Gasteiger partial charge in [-0.1, -0.05) is 44.4 Å². The van der Waals surface area contributed by atoms with Crippen molar-refractivity contribution in [2.45, 2.75) is 76.7 Å². The van der Waals surface area contributed by atoms with Crippen molar-refractivity contribution in [2.75, 3.05) is 5.75 Å². The highest BCUT2D eigenvalue weighted by molar-refractivity contribution is 7.99. The van der Waals surface area contributed by atoms with Gasteiger partial charge in [-0.3, -0.25) is 0 Å². The highest BCUT2D eigenvalue weighted by Crippen LogP contribution is 2.41. The molecule has 154 valence electrons. The largest absolute Gasteiger partial charge is 0.370 e. The van der Waals surface area contributed by atoms with Gasteiger partial charge in [0.15, 0.2) is 10.8 Å². The fraction of sp³-hybridized carbons (Fsp3) is 0.600. The molecule has 7 nitrogen and oxygen atoms in total. The fourth-order valence-corrected chi connectivity index (χ4v) is 6.24. The number of ether oxygens (including phenoxy) is 1. The number of hydrogen-bond acceptors (Lipinski definition) is 7. The third-order valence-corrected chi connectivity index (χ3v) is 7.73. The zero-order valence-corrected chi connectivity index (χ0v) is 18.8. The van der Waals surface area contributed by atoms with Crippen molar-refractivity contribution in [3.8, 4) is 0 Å². The van der Waals surface area contributed by atoms with Crippen molar-refractivity contribution >= 4 is 44.7 Å². The van der Waals surface area contributed by atoms with E-state index in [2.05, 4.69) is 45.5 Å². The summed E-state index contributed by atoms with van der Waals surface area (Å²) in [6.45, 7) is 7.20.